The molecule has 1 atom stereocenters. The fraction of sp³-hybridized carbons (Fsp3) is 0.500. The Balaban J connectivity index is 1.82. The maximum absolute atomic E-state index is 12.5. The van der Waals surface area contributed by atoms with Gasteiger partial charge in [-0.25, -0.2) is 4.79 Å². The highest BCUT2D eigenvalue weighted by molar-refractivity contribution is 6.04. The van der Waals surface area contributed by atoms with Gasteiger partial charge in [0.15, 0.2) is 0 Å². The Morgan fingerprint density at radius 1 is 1.36 bits per heavy atom. The summed E-state index contributed by atoms with van der Waals surface area (Å²) >= 11 is 0. The molecule has 2 aliphatic rings. The second-order valence-corrected chi connectivity index (χ2v) is 6.73. The summed E-state index contributed by atoms with van der Waals surface area (Å²) in [6.45, 7) is 4.40. The quantitative estimate of drug-likeness (QED) is 0.830. The third-order valence-electron chi connectivity index (χ3n) is 4.68. The van der Waals surface area contributed by atoms with Gasteiger partial charge in [0.25, 0.3) is 5.91 Å². The molecule has 1 aromatic carbocycles. The zero-order chi connectivity index (χ0) is 18.1. The SMILES string of the molecule is COc1ccc(NC(=O)C(C)C)cc1CN1C(=O)C2CCCN2C1=O. The molecule has 25 heavy (non-hydrogen) atoms. The lowest BCUT2D eigenvalue weighted by Gasteiger charge is -2.18. The second kappa shape index (κ2) is 6.74. The highest BCUT2D eigenvalue weighted by Crippen LogP contribution is 2.31. The minimum absolute atomic E-state index is 0.0925. The lowest BCUT2D eigenvalue weighted by atomic mass is 10.1. The van der Waals surface area contributed by atoms with Gasteiger partial charge in [-0.2, -0.15) is 0 Å². The van der Waals surface area contributed by atoms with Gasteiger partial charge in [0.2, 0.25) is 5.91 Å². The number of hydrogen-bond acceptors (Lipinski definition) is 4. The molecule has 7 nitrogen and oxygen atoms in total. The summed E-state index contributed by atoms with van der Waals surface area (Å²) in [5.41, 5.74) is 1.31. The topological polar surface area (TPSA) is 79.0 Å². The van der Waals surface area contributed by atoms with Gasteiger partial charge in [-0.05, 0) is 31.0 Å². The molecule has 0 saturated carbocycles. The second-order valence-electron chi connectivity index (χ2n) is 6.73. The van der Waals surface area contributed by atoms with Crippen molar-refractivity contribution in [2.45, 2.75) is 39.3 Å². The van der Waals surface area contributed by atoms with E-state index in [-0.39, 0.29) is 36.3 Å². The minimum Gasteiger partial charge on any atom is -0.496 e. The van der Waals surface area contributed by atoms with Crippen LogP contribution in [0.3, 0.4) is 0 Å². The summed E-state index contributed by atoms with van der Waals surface area (Å²) in [6.07, 6.45) is 1.60. The van der Waals surface area contributed by atoms with E-state index in [1.54, 1.807) is 23.1 Å². The van der Waals surface area contributed by atoms with Crippen molar-refractivity contribution in [1.82, 2.24) is 9.80 Å². The van der Waals surface area contributed by atoms with E-state index in [1.165, 1.54) is 12.0 Å². The summed E-state index contributed by atoms with van der Waals surface area (Å²) in [5, 5.41) is 2.83. The van der Waals surface area contributed by atoms with Crippen LogP contribution in [0.5, 0.6) is 5.75 Å². The number of urea groups is 1. The van der Waals surface area contributed by atoms with E-state index in [4.69, 9.17) is 4.74 Å². The van der Waals surface area contributed by atoms with E-state index in [0.717, 1.165) is 12.8 Å². The van der Waals surface area contributed by atoms with E-state index in [9.17, 15) is 14.4 Å². The molecular weight excluding hydrogens is 322 g/mol. The van der Waals surface area contributed by atoms with Crippen molar-refractivity contribution in [2.75, 3.05) is 19.0 Å². The number of rotatable bonds is 5. The van der Waals surface area contributed by atoms with Crippen LogP contribution < -0.4 is 10.1 Å². The largest absolute Gasteiger partial charge is 0.496 e. The number of methoxy groups -OCH3 is 1. The lowest BCUT2D eigenvalue weighted by molar-refractivity contribution is -0.128. The van der Waals surface area contributed by atoms with E-state index < -0.39 is 0 Å². The molecule has 1 N–H and O–H groups in total. The van der Waals surface area contributed by atoms with Gasteiger partial charge in [0.05, 0.1) is 13.7 Å². The molecule has 2 heterocycles. The monoisotopic (exact) mass is 345 g/mol. The minimum atomic E-state index is -0.317. The van der Waals surface area contributed by atoms with Crippen LogP contribution in [0, 0.1) is 5.92 Å². The molecule has 1 aromatic rings. The number of anilines is 1. The Kier molecular flexibility index (Phi) is 4.65. The number of ether oxygens (including phenoxy) is 1. The average Bonchev–Trinajstić information content (AvgIpc) is 3.15. The Morgan fingerprint density at radius 3 is 2.76 bits per heavy atom. The van der Waals surface area contributed by atoms with Crippen molar-refractivity contribution in [2.24, 2.45) is 5.92 Å². The van der Waals surface area contributed by atoms with Gasteiger partial charge >= 0.3 is 6.03 Å². The molecule has 2 saturated heterocycles. The summed E-state index contributed by atoms with van der Waals surface area (Å²) in [5.74, 6) is 0.195. The Hall–Kier alpha value is -2.57. The van der Waals surface area contributed by atoms with Crippen molar-refractivity contribution in [3.05, 3.63) is 23.8 Å². The molecule has 2 fully saturated rings. The number of carbonyl (C=O) groups excluding carboxylic acids is 3. The summed E-state index contributed by atoms with van der Waals surface area (Å²) in [7, 11) is 1.54. The van der Waals surface area contributed by atoms with Crippen molar-refractivity contribution >= 4 is 23.5 Å². The van der Waals surface area contributed by atoms with Crippen LogP contribution >= 0.6 is 0 Å². The Morgan fingerprint density at radius 2 is 2.12 bits per heavy atom. The van der Waals surface area contributed by atoms with Crippen molar-refractivity contribution in [1.29, 1.82) is 0 Å². The summed E-state index contributed by atoms with van der Waals surface area (Å²) in [4.78, 5) is 39.8. The molecule has 0 bridgehead atoms. The molecule has 7 heteroatoms. The highest BCUT2D eigenvalue weighted by Gasteiger charge is 2.47. The first kappa shape index (κ1) is 17.3. The smallest absolute Gasteiger partial charge is 0.327 e. The predicted molar refractivity (Wildman–Crippen MR) is 92.1 cm³/mol. The lowest BCUT2D eigenvalue weighted by Crippen LogP contribution is -2.32. The number of nitrogens with zero attached hydrogens (tertiary/aromatic N) is 2. The molecule has 0 radical (unpaired) electrons. The van der Waals surface area contributed by atoms with E-state index in [0.29, 0.717) is 23.5 Å². The van der Waals surface area contributed by atoms with Crippen LogP contribution in [0.15, 0.2) is 18.2 Å². The van der Waals surface area contributed by atoms with Crippen LogP contribution in [0.25, 0.3) is 0 Å². The number of nitrogens with one attached hydrogen (secondary N) is 1. The average molecular weight is 345 g/mol. The maximum atomic E-state index is 12.5. The molecule has 4 amide bonds. The fourth-order valence-corrected chi connectivity index (χ4v) is 3.26. The van der Waals surface area contributed by atoms with Crippen LogP contribution in [-0.4, -0.2) is 47.3 Å². The summed E-state index contributed by atoms with van der Waals surface area (Å²) < 4.78 is 5.35. The van der Waals surface area contributed by atoms with E-state index in [1.807, 2.05) is 13.8 Å². The molecule has 3 rings (SSSR count). The van der Waals surface area contributed by atoms with Crippen LogP contribution in [0.2, 0.25) is 0 Å². The van der Waals surface area contributed by atoms with Gasteiger partial charge in [0.1, 0.15) is 11.8 Å². The molecule has 0 aromatic heterocycles. The summed E-state index contributed by atoms with van der Waals surface area (Å²) in [6, 6.07) is 4.67. The van der Waals surface area contributed by atoms with Crippen molar-refractivity contribution in [3.8, 4) is 5.75 Å². The van der Waals surface area contributed by atoms with Crippen molar-refractivity contribution < 1.29 is 19.1 Å². The van der Waals surface area contributed by atoms with Crippen LogP contribution in [0.4, 0.5) is 10.5 Å². The van der Waals surface area contributed by atoms with E-state index in [2.05, 4.69) is 5.32 Å². The molecular formula is C18H23N3O4. The first-order valence-corrected chi connectivity index (χ1v) is 8.52. The van der Waals surface area contributed by atoms with Gasteiger partial charge < -0.3 is 15.0 Å². The third kappa shape index (κ3) is 3.18. The molecule has 0 spiro atoms. The zero-order valence-corrected chi connectivity index (χ0v) is 14.7. The first-order valence-electron chi connectivity index (χ1n) is 8.52. The number of fused-ring (bicyclic) bond motifs is 1. The molecule has 0 aliphatic carbocycles. The van der Waals surface area contributed by atoms with Gasteiger partial charge in [-0.3, -0.25) is 14.5 Å². The number of imide groups is 1. The van der Waals surface area contributed by atoms with Crippen LogP contribution in [-0.2, 0) is 16.1 Å². The van der Waals surface area contributed by atoms with Crippen molar-refractivity contribution in [3.63, 3.8) is 0 Å². The number of hydrogen-bond donors (Lipinski definition) is 1. The predicted octanol–water partition coefficient (Wildman–Crippen LogP) is 2.22. The van der Waals surface area contributed by atoms with Gasteiger partial charge in [-0.15, -0.1) is 0 Å². The third-order valence-corrected chi connectivity index (χ3v) is 4.68. The molecule has 2 aliphatic heterocycles. The molecule has 1 unspecified atom stereocenters. The standard InChI is InChI=1S/C18H23N3O4/c1-11(2)16(22)19-13-6-7-15(25-3)12(9-13)10-21-17(23)14-5-4-8-20(14)18(21)24/h6-7,9,11,14H,4-5,8,10H2,1-3H3,(H,19,22). The maximum Gasteiger partial charge on any atom is 0.327 e. The number of benzene rings is 1. The number of amides is 4. The first-order chi connectivity index (χ1) is 11.9. The molecule has 134 valence electrons. The Bertz CT molecular complexity index is 694. The van der Waals surface area contributed by atoms with Gasteiger partial charge in [0, 0.05) is 23.7 Å². The Labute approximate surface area is 146 Å². The number of carbonyl (C=O) groups is 3. The highest BCUT2D eigenvalue weighted by atomic mass is 16.5. The van der Waals surface area contributed by atoms with Gasteiger partial charge in [-0.1, -0.05) is 13.8 Å². The fourth-order valence-electron chi connectivity index (χ4n) is 3.26. The normalized spacial score (nSPS) is 19.6. The van der Waals surface area contributed by atoms with E-state index >= 15 is 0 Å². The zero-order valence-electron chi connectivity index (χ0n) is 14.7. The van der Waals surface area contributed by atoms with Crippen LogP contribution in [0.1, 0.15) is 32.3 Å².